The zero-order valence-corrected chi connectivity index (χ0v) is 5.72. The van der Waals surface area contributed by atoms with Gasteiger partial charge in [0.05, 0.1) is 0 Å². The van der Waals surface area contributed by atoms with Crippen LogP contribution in [0.15, 0.2) is 11.4 Å². The molecular weight excluding hydrogens is 135 g/mol. The van der Waals surface area contributed by atoms with E-state index in [4.69, 9.17) is 5.11 Å². The van der Waals surface area contributed by atoms with Crippen LogP contribution in [0, 0.1) is 5.92 Å². The largest absolute Gasteiger partial charge is 0.476 e. The van der Waals surface area contributed by atoms with Gasteiger partial charge in [0.25, 0.3) is 0 Å². The Morgan fingerprint density at radius 3 is 2.50 bits per heavy atom. The Morgan fingerprint density at radius 2 is 2.20 bits per heavy atom. The highest BCUT2D eigenvalue weighted by Crippen LogP contribution is 2.34. The molecule has 1 aliphatic carbocycles. The maximum atomic E-state index is 12.4. The van der Waals surface area contributed by atoms with Gasteiger partial charge in [-0.1, -0.05) is 6.92 Å². The third-order valence-corrected chi connectivity index (χ3v) is 1.69. The highest BCUT2D eigenvalue weighted by Gasteiger charge is 2.25. The number of carbonyl (C=O) groups is 1. The van der Waals surface area contributed by atoms with E-state index in [1.54, 1.807) is 0 Å². The first kappa shape index (κ1) is 7.25. The van der Waals surface area contributed by atoms with Gasteiger partial charge in [-0.2, -0.15) is 4.39 Å². The van der Waals surface area contributed by atoms with Crippen molar-refractivity contribution in [3.05, 3.63) is 11.4 Å². The average Bonchev–Trinajstić information content (AvgIpc) is 1.79. The van der Waals surface area contributed by atoms with E-state index < -0.39 is 11.8 Å². The van der Waals surface area contributed by atoms with Crippen molar-refractivity contribution in [2.75, 3.05) is 0 Å². The Hall–Kier alpha value is -0.860. The summed E-state index contributed by atoms with van der Waals surface area (Å²) in [5.74, 6) is -1.92. The maximum Gasteiger partial charge on any atom is 0.364 e. The molecule has 0 radical (unpaired) electrons. The molecule has 0 unspecified atom stereocenters. The minimum Gasteiger partial charge on any atom is -0.476 e. The number of rotatable bonds is 1. The number of carboxylic acid groups (broad SMARTS) is 1. The van der Waals surface area contributed by atoms with Gasteiger partial charge in [0.2, 0.25) is 5.83 Å². The van der Waals surface area contributed by atoms with E-state index in [0.717, 1.165) is 0 Å². The first-order valence-electron chi connectivity index (χ1n) is 3.22. The number of aliphatic carboxylic acids is 1. The second-order valence-corrected chi connectivity index (χ2v) is 2.74. The van der Waals surface area contributed by atoms with Gasteiger partial charge < -0.3 is 5.11 Å². The summed E-state index contributed by atoms with van der Waals surface area (Å²) in [5, 5.41) is 8.17. The smallest absolute Gasteiger partial charge is 0.364 e. The molecule has 0 heterocycles. The molecule has 0 aromatic heterocycles. The van der Waals surface area contributed by atoms with E-state index in [1.807, 2.05) is 6.92 Å². The molecule has 1 aliphatic rings. The lowest BCUT2D eigenvalue weighted by Gasteiger charge is -2.24. The van der Waals surface area contributed by atoms with Crippen molar-refractivity contribution in [1.29, 1.82) is 0 Å². The van der Waals surface area contributed by atoms with Crippen molar-refractivity contribution in [3.63, 3.8) is 0 Å². The van der Waals surface area contributed by atoms with E-state index in [9.17, 15) is 9.18 Å². The Bertz CT molecular complexity index is 188. The Kier molecular flexibility index (Phi) is 1.74. The summed E-state index contributed by atoms with van der Waals surface area (Å²) in [6.07, 6.45) is 1.22. The van der Waals surface area contributed by atoms with E-state index in [0.29, 0.717) is 24.3 Å². The van der Waals surface area contributed by atoms with Crippen molar-refractivity contribution < 1.29 is 14.3 Å². The van der Waals surface area contributed by atoms with E-state index in [1.165, 1.54) is 0 Å². The number of carboxylic acids is 1. The SMILES string of the molecule is CC1CC(=C(F)C(=O)O)C1. The number of allylic oxidation sites excluding steroid dienone is 1. The van der Waals surface area contributed by atoms with Crippen LogP contribution in [0.25, 0.3) is 0 Å². The Balaban J connectivity index is 2.62. The number of hydrogen-bond donors (Lipinski definition) is 1. The van der Waals surface area contributed by atoms with Crippen LogP contribution in [0.5, 0.6) is 0 Å². The van der Waals surface area contributed by atoms with Crippen LogP contribution in [-0.2, 0) is 4.79 Å². The van der Waals surface area contributed by atoms with Crippen LogP contribution in [0.2, 0.25) is 0 Å². The lowest BCUT2D eigenvalue weighted by atomic mass is 9.81. The van der Waals surface area contributed by atoms with Gasteiger partial charge in [-0.05, 0) is 24.3 Å². The summed E-state index contributed by atoms with van der Waals surface area (Å²) in [4.78, 5) is 10.0. The molecule has 0 bridgehead atoms. The zero-order valence-electron chi connectivity index (χ0n) is 5.72. The quantitative estimate of drug-likeness (QED) is 0.569. The Labute approximate surface area is 58.4 Å². The van der Waals surface area contributed by atoms with Gasteiger partial charge in [-0.3, -0.25) is 0 Å². The van der Waals surface area contributed by atoms with E-state index >= 15 is 0 Å². The van der Waals surface area contributed by atoms with Gasteiger partial charge in [0, 0.05) is 0 Å². The van der Waals surface area contributed by atoms with Gasteiger partial charge in [-0.15, -0.1) is 0 Å². The van der Waals surface area contributed by atoms with Crippen molar-refractivity contribution in [1.82, 2.24) is 0 Å². The fraction of sp³-hybridized carbons (Fsp3) is 0.571. The third-order valence-electron chi connectivity index (χ3n) is 1.69. The molecule has 56 valence electrons. The van der Waals surface area contributed by atoms with Gasteiger partial charge in [0.15, 0.2) is 0 Å². The predicted octanol–water partition coefficient (Wildman–Crippen LogP) is 1.72. The lowest BCUT2D eigenvalue weighted by molar-refractivity contribution is -0.134. The monoisotopic (exact) mass is 144 g/mol. The lowest BCUT2D eigenvalue weighted by Crippen LogP contribution is -2.14. The molecule has 0 spiro atoms. The first-order valence-corrected chi connectivity index (χ1v) is 3.22. The van der Waals surface area contributed by atoms with Crippen LogP contribution >= 0.6 is 0 Å². The summed E-state index contributed by atoms with van der Waals surface area (Å²) in [6, 6.07) is 0. The highest BCUT2D eigenvalue weighted by molar-refractivity contribution is 5.85. The summed E-state index contributed by atoms with van der Waals surface area (Å²) >= 11 is 0. The number of halogens is 1. The molecule has 1 N–H and O–H groups in total. The Morgan fingerprint density at radius 1 is 1.70 bits per heavy atom. The van der Waals surface area contributed by atoms with Crippen LogP contribution in [0.3, 0.4) is 0 Å². The van der Waals surface area contributed by atoms with E-state index in [-0.39, 0.29) is 0 Å². The molecule has 0 amide bonds. The molecule has 0 aromatic rings. The van der Waals surface area contributed by atoms with Crippen LogP contribution < -0.4 is 0 Å². The van der Waals surface area contributed by atoms with Crippen LogP contribution in [-0.4, -0.2) is 11.1 Å². The molecule has 2 nitrogen and oxygen atoms in total. The third kappa shape index (κ3) is 1.17. The molecule has 1 rings (SSSR count). The van der Waals surface area contributed by atoms with Crippen molar-refractivity contribution in [2.24, 2.45) is 5.92 Å². The highest BCUT2D eigenvalue weighted by atomic mass is 19.1. The topological polar surface area (TPSA) is 37.3 Å². The van der Waals surface area contributed by atoms with Crippen molar-refractivity contribution in [3.8, 4) is 0 Å². The molecule has 1 fully saturated rings. The minimum atomic E-state index is -1.43. The van der Waals surface area contributed by atoms with Gasteiger partial charge in [0.1, 0.15) is 0 Å². The molecule has 10 heavy (non-hydrogen) atoms. The first-order chi connectivity index (χ1) is 4.61. The van der Waals surface area contributed by atoms with Crippen LogP contribution in [0.4, 0.5) is 4.39 Å². The average molecular weight is 144 g/mol. The molecule has 3 heteroatoms. The summed E-state index contributed by atoms with van der Waals surface area (Å²) < 4.78 is 12.4. The fourth-order valence-electron chi connectivity index (χ4n) is 1.11. The molecule has 0 aromatic carbocycles. The normalized spacial score (nSPS) is 23.8. The van der Waals surface area contributed by atoms with Crippen molar-refractivity contribution in [2.45, 2.75) is 19.8 Å². The maximum absolute atomic E-state index is 12.4. The van der Waals surface area contributed by atoms with Crippen LogP contribution in [0.1, 0.15) is 19.8 Å². The molecule has 0 aliphatic heterocycles. The summed E-state index contributed by atoms with van der Waals surface area (Å²) in [5.41, 5.74) is 0.458. The second-order valence-electron chi connectivity index (χ2n) is 2.74. The predicted molar refractivity (Wildman–Crippen MR) is 34.2 cm³/mol. The summed E-state index contributed by atoms with van der Waals surface area (Å²) in [6.45, 7) is 1.97. The standard InChI is InChI=1S/C7H9FO2/c1-4-2-5(3-4)6(8)7(9)10/h4H,2-3H2,1H3,(H,9,10). The fourth-order valence-corrected chi connectivity index (χ4v) is 1.11. The van der Waals surface area contributed by atoms with Gasteiger partial charge >= 0.3 is 5.97 Å². The number of hydrogen-bond acceptors (Lipinski definition) is 1. The molecular formula is C7H9FO2. The van der Waals surface area contributed by atoms with Gasteiger partial charge in [-0.25, -0.2) is 4.79 Å². The minimum absolute atomic E-state index is 0.458. The molecule has 1 saturated carbocycles. The van der Waals surface area contributed by atoms with Crippen molar-refractivity contribution >= 4 is 5.97 Å². The zero-order chi connectivity index (χ0) is 7.72. The molecule has 0 atom stereocenters. The molecule has 0 saturated heterocycles. The van der Waals surface area contributed by atoms with E-state index in [2.05, 4.69) is 0 Å². The summed E-state index contributed by atoms with van der Waals surface area (Å²) in [7, 11) is 0. The second kappa shape index (κ2) is 2.40.